The van der Waals surface area contributed by atoms with Gasteiger partial charge < -0.3 is 5.32 Å². The first-order chi connectivity index (χ1) is 6.97. The fourth-order valence-corrected chi connectivity index (χ4v) is 1.23. The molecule has 0 fully saturated rings. The maximum Gasteiger partial charge on any atom is 0.224 e. The van der Waals surface area contributed by atoms with E-state index in [1.807, 2.05) is 30.3 Å². The van der Waals surface area contributed by atoms with Crippen LogP contribution in [0.25, 0.3) is 0 Å². The Labute approximate surface area is 91.7 Å². The van der Waals surface area contributed by atoms with Crippen LogP contribution in [0.2, 0.25) is 0 Å². The number of nitrogens with one attached hydrogen (secondary N) is 1. The topological polar surface area (TPSA) is 29.1 Å². The molecule has 0 bridgehead atoms. The van der Waals surface area contributed by atoms with Crippen molar-refractivity contribution in [3.05, 3.63) is 30.3 Å². The van der Waals surface area contributed by atoms with Crippen molar-refractivity contribution in [2.45, 2.75) is 33.6 Å². The lowest BCUT2D eigenvalue weighted by Gasteiger charge is -2.17. The van der Waals surface area contributed by atoms with Crippen LogP contribution in [-0.2, 0) is 4.79 Å². The van der Waals surface area contributed by atoms with Gasteiger partial charge in [-0.1, -0.05) is 39.0 Å². The Morgan fingerprint density at radius 1 is 1.20 bits per heavy atom. The molecule has 1 aromatic carbocycles. The van der Waals surface area contributed by atoms with Gasteiger partial charge in [-0.2, -0.15) is 0 Å². The smallest absolute Gasteiger partial charge is 0.224 e. The molecule has 0 aromatic heterocycles. The molecular weight excluding hydrogens is 186 g/mol. The Morgan fingerprint density at radius 2 is 1.80 bits per heavy atom. The SMILES string of the molecule is CC(C)(C)CCC(=O)Nc1ccccc1. The summed E-state index contributed by atoms with van der Waals surface area (Å²) in [5.41, 5.74) is 1.09. The highest BCUT2D eigenvalue weighted by Crippen LogP contribution is 2.20. The summed E-state index contributed by atoms with van der Waals surface area (Å²) in [4.78, 5) is 11.5. The molecule has 0 heterocycles. The van der Waals surface area contributed by atoms with Gasteiger partial charge in [-0.15, -0.1) is 0 Å². The molecule has 2 heteroatoms. The summed E-state index contributed by atoms with van der Waals surface area (Å²) in [6, 6.07) is 9.56. The van der Waals surface area contributed by atoms with Gasteiger partial charge in [-0.3, -0.25) is 4.79 Å². The molecule has 0 aliphatic carbocycles. The highest BCUT2D eigenvalue weighted by molar-refractivity contribution is 5.90. The number of hydrogen-bond acceptors (Lipinski definition) is 1. The lowest BCUT2D eigenvalue weighted by molar-refractivity contribution is -0.116. The number of hydrogen-bond donors (Lipinski definition) is 1. The van der Waals surface area contributed by atoms with Crippen molar-refractivity contribution in [2.24, 2.45) is 5.41 Å². The number of amides is 1. The summed E-state index contributed by atoms with van der Waals surface area (Å²) in [7, 11) is 0. The first-order valence-electron chi connectivity index (χ1n) is 5.32. The van der Waals surface area contributed by atoms with Crippen molar-refractivity contribution in [1.82, 2.24) is 0 Å². The van der Waals surface area contributed by atoms with E-state index in [0.717, 1.165) is 12.1 Å². The largest absolute Gasteiger partial charge is 0.326 e. The van der Waals surface area contributed by atoms with Crippen LogP contribution in [0.3, 0.4) is 0 Å². The molecular formula is C13H19NO. The van der Waals surface area contributed by atoms with Crippen LogP contribution < -0.4 is 5.32 Å². The normalized spacial score (nSPS) is 11.1. The molecule has 82 valence electrons. The minimum Gasteiger partial charge on any atom is -0.326 e. The van der Waals surface area contributed by atoms with E-state index >= 15 is 0 Å². The molecule has 15 heavy (non-hydrogen) atoms. The van der Waals surface area contributed by atoms with Gasteiger partial charge in [0.15, 0.2) is 0 Å². The van der Waals surface area contributed by atoms with E-state index in [4.69, 9.17) is 0 Å². The molecule has 0 unspecified atom stereocenters. The zero-order valence-electron chi connectivity index (χ0n) is 9.71. The molecule has 1 N–H and O–H groups in total. The molecule has 0 saturated heterocycles. The second-order valence-electron chi connectivity index (χ2n) is 4.97. The Morgan fingerprint density at radius 3 is 2.33 bits per heavy atom. The van der Waals surface area contributed by atoms with Crippen LogP contribution in [0.1, 0.15) is 33.6 Å². The maximum absolute atomic E-state index is 11.5. The van der Waals surface area contributed by atoms with Crippen molar-refractivity contribution >= 4 is 11.6 Å². The van der Waals surface area contributed by atoms with Crippen LogP contribution in [0, 0.1) is 5.41 Å². The van der Waals surface area contributed by atoms with Gasteiger partial charge in [-0.25, -0.2) is 0 Å². The number of rotatable bonds is 3. The third-order valence-corrected chi connectivity index (χ3v) is 2.16. The summed E-state index contributed by atoms with van der Waals surface area (Å²) < 4.78 is 0. The van der Waals surface area contributed by atoms with Gasteiger partial charge in [0.1, 0.15) is 0 Å². The molecule has 1 aromatic rings. The molecule has 2 nitrogen and oxygen atoms in total. The highest BCUT2D eigenvalue weighted by atomic mass is 16.1. The van der Waals surface area contributed by atoms with Gasteiger partial charge in [0.05, 0.1) is 0 Å². The van der Waals surface area contributed by atoms with E-state index in [2.05, 4.69) is 26.1 Å². The van der Waals surface area contributed by atoms with E-state index in [1.54, 1.807) is 0 Å². The van der Waals surface area contributed by atoms with Crippen molar-refractivity contribution < 1.29 is 4.79 Å². The Kier molecular flexibility index (Phi) is 3.89. The monoisotopic (exact) mass is 205 g/mol. The van der Waals surface area contributed by atoms with Gasteiger partial charge in [0, 0.05) is 12.1 Å². The van der Waals surface area contributed by atoms with Gasteiger partial charge in [0.2, 0.25) is 5.91 Å². The number of carbonyl (C=O) groups excluding carboxylic acids is 1. The van der Waals surface area contributed by atoms with E-state index in [-0.39, 0.29) is 11.3 Å². The summed E-state index contributed by atoms with van der Waals surface area (Å²) >= 11 is 0. The molecule has 0 aliphatic heterocycles. The van der Waals surface area contributed by atoms with E-state index < -0.39 is 0 Å². The molecule has 1 rings (SSSR count). The van der Waals surface area contributed by atoms with E-state index in [0.29, 0.717) is 6.42 Å². The second kappa shape index (κ2) is 4.96. The first-order valence-corrected chi connectivity index (χ1v) is 5.32. The Bertz CT molecular complexity index is 311. The predicted molar refractivity (Wildman–Crippen MR) is 63.8 cm³/mol. The minimum absolute atomic E-state index is 0.0936. The predicted octanol–water partition coefficient (Wildman–Crippen LogP) is 3.45. The lowest BCUT2D eigenvalue weighted by Crippen LogP contribution is -2.15. The van der Waals surface area contributed by atoms with Crippen molar-refractivity contribution in [2.75, 3.05) is 5.32 Å². The molecule has 0 aliphatic rings. The van der Waals surface area contributed by atoms with Crippen molar-refractivity contribution in [3.63, 3.8) is 0 Å². The van der Waals surface area contributed by atoms with Crippen LogP contribution >= 0.6 is 0 Å². The average Bonchev–Trinajstić information content (AvgIpc) is 2.15. The molecule has 0 saturated carbocycles. The third-order valence-electron chi connectivity index (χ3n) is 2.16. The average molecular weight is 205 g/mol. The maximum atomic E-state index is 11.5. The Balaban J connectivity index is 2.38. The van der Waals surface area contributed by atoms with Crippen LogP contribution in [-0.4, -0.2) is 5.91 Å². The van der Waals surface area contributed by atoms with E-state index in [1.165, 1.54) is 0 Å². The molecule has 0 spiro atoms. The molecule has 0 radical (unpaired) electrons. The summed E-state index contributed by atoms with van der Waals surface area (Å²) in [5.74, 6) is 0.0936. The summed E-state index contributed by atoms with van der Waals surface area (Å²) in [5, 5.41) is 2.88. The summed E-state index contributed by atoms with van der Waals surface area (Å²) in [6.07, 6.45) is 1.49. The van der Waals surface area contributed by atoms with Gasteiger partial charge in [0.25, 0.3) is 0 Å². The molecule has 1 amide bonds. The lowest BCUT2D eigenvalue weighted by atomic mass is 9.90. The van der Waals surface area contributed by atoms with Crippen LogP contribution in [0.4, 0.5) is 5.69 Å². The highest BCUT2D eigenvalue weighted by Gasteiger charge is 2.12. The number of para-hydroxylation sites is 1. The second-order valence-corrected chi connectivity index (χ2v) is 4.97. The standard InChI is InChI=1S/C13H19NO/c1-13(2,3)10-9-12(15)14-11-7-5-4-6-8-11/h4-8H,9-10H2,1-3H3,(H,14,15). The van der Waals surface area contributed by atoms with Crippen LogP contribution in [0.5, 0.6) is 0 Å². The Hall–Kier alpha value is -1.31. The zero-order valence-corrected chi connectivity index (χ0v) is 9.71. The van der Waals surface area contributed by atoms with Crippen molar-refractivity contribution in [3.8, 4) is 0 Å². The van der Waals surface area contributed by atoms with Gasteiger partial charge in [-0.05, 0) is 24.0 Å². The van der Waals surface area contributed by atoms with E-state index in [9.17, 15) is 4.79 Å². The quantitative estimate of drug-likeness (QED) is 0.804. The van der Waals surface area contributed by atoms with Crippen molar-refractivity contribution in [1.29, 1.82) is 0 Å². The minimum atomic E-state index is 0.0936. The third kappa shape index (κ3) is 5.21. The zero-order chi connectivity index (χ0) is 11.3. The van der Waals surface area contributed by atoms with Crippen LogP contribution in [0.15, 0.2) is 30.3 Å². The summed E-state index contributed by atoms with van der Waals surface area (Å²) in [6.45, 7) is 6.42. The molecule has 0 atom stereocenters. The fourth-order valence-electron chi connectivity index (χ4n) is 1.23. The number of benzene rings is 1. The number of carbonyl (C=O) groups is 1. The fraction of sp³-hybridized carbons (Fsp3) is 0.462. The first kappa shape index (κ1) is 11.8. The van der Waals surface area contributed by atoms with Gasteiger partial charge >= 0.3 is 0 Å². The number of anilines is 1.